The fourth-order valence-corrected chi connectivity index (χ4v) is 6.05. The van der Waals surface area contributed by atoms with Crippen molar-refractivity contribution in [2.75, 3.05) is 178 Å². The maximum absolute atomic E-state index is 13.1. The number of amides is 5. The van der Waals surface area contributed by atoms with Crippen LogP contribution >= 0.6 is 0 Å². The molecule has 25 nitrogen and oxygen atoms in total. The number of hydroxylamine groups is 2. The number of aliphatic imine (C=N–C) groups is 2. The van der Waals surface area contributed by atoms with Crippen LogP contribution in [0.25, 0.3) is 0 Å². The highest BCUT2D eigenvalue weighted by Crippen LogP contribution is 2.17. The summed E-state index contributed by atoms with van der Waals surface area (Å²) >= 11 is 0. The number of rotatable bonds is 46. The molecule has 2 heterocycles. The van der Waals surface area contributed by atoms with E-state index in [-0.39, 0.29) is 51.1 Å². The number of imide groups is 1. The third-order valence-electron chi connectivity index (χ3n) is 9.55. The van der Waals surface area contributed by atoms with Gasteiger partial charge < -0.3 is 74.2 Å². The lowest BCUT2D eigenvalue weighted by Crippen LogP contribution is -2.41. The molecule has 0 fully saturated rings. The van der Waals surface area contributed by atoms with Gasteiger partial charge in [0.1, 0.15) is 24.7 Å². The number of alkyl carbamates (subject to hydrolysis) is 1. The standard InChI is InChI=1S/C47H80N8O17/c1-3-13-55(72-4-2)46(59)39-35-40(41(37-48)53-42(49)36-39)50-10-6-5-7-11-52-47(60)71-34-33-70-32-31-69-30-29-68-28-27-67-26-25-66-24-23-65-22-21-64-20-19-63-18-17-62-16-15-61-14-12-51-43(56)38-54-44(57)8-9-45(54)58/h8-9,35,37H,3-7,10-34,36,38,48H2,1-2H3,(H2,49,53)(H,51,56)(H,52,60). The summed E-state index contributed by atoms with van der Waals surface area (Å²) in [5.41, 5.74) is 13.2. The number of ether oxygens (including phenoxy) is 11. The van der Waals surface area contributed by atoms with Crippen molar-refractivity contribution in [3.05, 3.63) is 35.7 Å². The smallest absolute Gasteiger partial charge is 0.407 e. The number of carbonyl (C=O) groups is 5. The predicted molar refractivity (Wildman–Crippen MR) is 263 cm³/mol. The molecule has 72 heavy (non-hydrogen) atoms. The summed E-state index contributed by atoms with van der Waals surface area (Å²) in [5, 5.41) is 6.66. The summed E-state index contributed by atoms with van der Waals surface area (Å²) in [4.78, 5) is 75.2. The molecule has 0 bridgehead atoms. The predicted octanol–water partition coefficient (Wildman–Crippen LogP) is 0.209. The van der Waals surface area contributed by atoms with Crippen LogP contribution in [0.2, 0.25) is 0 Å². The highest BCUT2D eigenvalue weighted by atomic mass is 16.7. The lowest BCUT2D eigenvalue weighted by atomic mass is 10.1. The molecule has 0 atom stereocenters. The van der Waals surface area contributed by atoms with Crippen LogP contribution in [0.3, 0.4) is 0 Å². The Bertz CT molecular complexity index is 1660. The Morgan fingerprint density at radius 2 is 1.14 bits per heavy atom. The van der Waals surface area contributed by atoms with Gasteiger partial charge in [-0.1, -0.05) is 6.92 Å². The lowest BCUT2D eigenvalue weighted by molar-refractivity contribution is -0.180. The number of unbranched alkanes of at least 4 members (excludes halogenated alkanes) is 2. The van der Waals surface area contributed by atoms with Crippen molar-refractivity contribution >= 4 is 41.3 Å². The van der Waals surface area contributed by atoms with Crippen molar-refractivity contribution in [2.24, 2.45) is 21.5 Å². The van der Waals surface area contributed by atoms with E-state index in [1.165, 1.54) is 11.3 Å². The maximum atomic E-state index is 13.1. The third-order valence-corrected chi connectivity index (χ3v) is 9.55. The number of allylic oxidation sites excluding steroid dienone is 1. The number of hydrogen-bond donors (Lipinski definition) is 4. The molecule has 0 spiro atoms. The first-order valence-corrected chi connectivity index (χ1v) is 24.6. The van der Waals surface area contributed by atoms with E-state index in [0.717, 1.165) is 42.7 Å². The molecule has 25 heteroatoms. The van der Waals surface area contributed by atoms with E-state index in [4.69, 9.17) is 68.4 Å². The van der Waals surface area contributed by atoms with Crippen LogP contribution in [0.1, 0.15) is 46.0 Å². The van der Waals surface area contributed by atoms with E-state index < -0.39 is 23.8 Å². The first-order chi connectivity index (χ1) is 35.2. The summed E-state index contributed by atoms with van der Waals surface area (Å²) in [7, 11) is 0. The van der Waals surface area contributed by atoms with Gasteiger partial charge in [-0.3, -0.25) is 33.9 Å². The van der Waals surface area contributed by atoms with Crippen LogP contribution in [0.5, 0.6) is 0 Å². The summed E-state index contributed by atoms with van der Waals surface area (Å²) in [5.74, 6) is -1.45. The summed E-state index contributed by atoms with van der Waals surface area (Å²) < 4.78 is 59.8. The van der Waals surface area contributed by atoms with E-state index >= 15 is 0 Å². The zero-order valence-electron chi connectivity index (χ0n) is 42.3. The number of carbonyl (C=O) groups excluding carboxylic acids is 5. The Labute approximate surface area is 423 Å². The lowest BCUT2D eigenvalue weighted by Gasteiger charge is -2.21. The van der Waals surface area contributed by atoms with Crippen LogP contribution < -0.4 is 22.1 Å². The molecule has 6 N–H and O–H groups in total. The average molecular weight is 1030 g/mol. The van der Waals surface area contributed by atoms with Crippen molar-refractivity contribution in [2.45, 2.75) is 46.0 Å². The molecule has 2 aliphatic heterocycles. The van der Waals surface area contributed by atoms with Gasteiger partial charge in [0.2, 0.25) is 5.91 Å². The van der Waals surface area contributed by atoms with Gasteiger partial charge in [-0.15, -0.1) is 0 Å². The number of amidine groups is 1. The SMILES string of the molecule is CCCN(OCC)C(=O)C1=CC(=NCCCCCNC(=O)OCCOCCOCCOCCOCCOCCOCCOCCOCCOCCOCCNC(=O)CN2C(=O)C=CC2=O)C(=CN)N=C(N)C1. The van der Waals surface area contributed by atoms with Crippen LogP contribution in [-0.4, -0.2) is 229 Å². The monoisotopic (exact) mass is 1030 g/mol. The van der Waals surface area contributed by atoms with Crippen LogP contribution in [0.4, 0.5) is 4.79 Å². The van der Waals surface area contributed by atoms with Crippen molar-refractivity contribution in [3.8, 4) is 0 Å². The van der Waals surface area contributed by atoms with E-state index in [1.54, 1.807) is 6.08 Å². The molecule has 2 aliphatic rings. The van der Waals surface area contributed by atoms with Gasteiger partial charge in [-0.2, -0.15) is 0 Å². The van der Waals surface area contributed by atoms with E-state index in [9.17, 15) is 24.0 Å². The van der Waals surface area contributed by atoms with Gasteiger partial charge >= 0.3 is 6.09 Å². The van der Waals surface area contributed by atoms with Crippen LogP contribution in [0, 0.1) is 0 Å². The molecule has 0 aromatic rings. The number of nitrogens with two attached hydrogens (primary N) is 2. The van der Waals surface area contributed by atoms with Gasteiger partial charge in [0.05, 0.1) is 144 Å². The second-order valence-corrected chi connectivity index (χ2v) is 15.3. The molecular formula is C47H80N8O17. The van der Waals surface area contributed by atoms with Crippen molar-refractivity contribution in [3.63, 3.8) is 0 Å². The molecule has 5 amide bonds. The highest BCUT2D eigenvalue weighted by Gasteiger charge is 2.26. The fourth-order valence-electron chi connectivity index (χ4n) is 6.05. The third kappa shape index (κ3) is 32.2. The van der Waals surface area contributed by atoms with E-state index in [2.05, 4.69) is 20.6 Å². The van der Waals surface area contributed by atoms with E-state index in [1.807, 2.05) is 13.8 Å². The molecule has 0 unspecified atom stereocenters. The second kappa shape index (κ2) is 43.6. The molecule has 410 valence electrons. The Morgan fingerprint density at radius 3 is 1.60 bits per heavy atom. The van der Waals surface area contributed by atoms with Crippen molar-refractivity contribution in [1.29, 1.82) is 0 Å². The fraction of sp³-hybridized carbons (Fsp3) is 0.723. The zero-order valence-corrected chi connectivity index (χ0v) is 42.3. The Balaban J connectivity index is 1.26. The van der Waals surface area contributed by atoms with E-state index in [0.29, 0.717) is 162 Å². The Morgan fingerprint density at radius 1 is 0.667 bits per heavy atom. The minimum atomic E-state index is -0.511. The topological polar surface area (TPSA) is 303 Å². The molecule has 0 aromatic heterocycles. The minimum Gasteiger partial charge on any atom is -0.447 e. The molecule has 0 saturated carbocycles. The largest absolute Gasteiger partial charge is 0.447 e. The summed E-state index contributed by atoms with van der Waals surface area (Å²) in [6.07, 6.45) is 7.92. The highest BCUT2D eigenvalue weighted by molar-refractivity contribution is 6.16. The number of nitrogens with one attached hydrogen (secondary N) is 2. The average Bonchev–Trinajstić information content (AvgIpc) is 3.58. The van der Waals surface area contributed by atoms with Crippen molar-refractivity contribution in [1.82, 2.24) is 20.6 Å². The Kier molecular flexibility index (Phi) is 38.3. The van der Waals surface area contributed by atoms with Gasteiger partial charge in [-0.25, -0.2) is 14.9 Å². The number of hydrogen-bond acceptors (Lipinski definition) is 21. The molecular weight excluding hydrogens is 949 g/mol. The van der Waals surface area contributed by atoms with Gasteiger partial charge in [0, 0.05) is 56.5 Å². The molecule has 0 aromatic carbocycles. The van der Waals surface area contributed by atoms with Crippen molar-refractivity contribution < 1.29 is 80.9 Å². The van der Waals surface area contributed by atoms with Gasteiger partial charge in [-0.05, 0) is 38.7 Å². The van der Waals surface area contributed by atoms with Crippen LogP contribution in [0.15, 0.2) is 45.7 Å². The number of nitrogens with zero attached hydrogens (tertiary/aromatic N) is 4. The van der Waals surface area contributed by atoms with Gasteiger partial charge in [0.15, 0.2) is 0 Å². The first kappa shape index (κ1) is 63.2. The summed E-state index contributed by atoms with van der Waals surface area (Å²) in [6.45, 7) is 13.7. The molecule has 0 aliphatic carbocycles. The molecule has 0 radical (unpaired) electrons. The Hall–Kier alpha value is -4.93. The molecule has 0 saturated heterocycles. The second-order valence-electron chi connectivity index (χ2n) is 15.3. The quantitative estimate of drug-likeness (QED) is 0.0360. The first-order valence-electron chi connectivity index (χ1n) is 24.6. The minimum absolute atomic E-state index is 0.119. The maximum Gasteiger partial charge on any atom is 0.407 e. The normalized spacial score (nSPS) is 14.8. The van der Waals surface area contributed by atoms with Crippen LogP contribution in [-0.2, 0) is 76.1 Å². The summed E-state index contributed by atoms with van der Waals surface area (Å²) in [6, 6.07) is 0. The molecule has 2 rings (SSSR count). The van der Waals surface area contributed by atoms with Gasteiger partial charge in [0.25, 0.3) is 17.7 Å². The zero-order chi connectivity index (χ0) is 52.1.